The Hall–Kier alpha value is -2.11. The lowest BCUT2D eigenvalue weighted by Crippen LogP contribution is -2.37. The first-order valence-corrected chi connectivity index (χ1v) is 6.49. The molecule has 0 radical (unpaired) electrons. The van der Waals surface area contributed by atoms with Crippen LogP contribution in [0.3, 0.4) is 0 Å². The smallest absolute Gasteiger partial charge is 0.325 e. The molecule has 0 unspecified atom stereocenters. The van der Waals surface area contributed by atoms with E-state index < -0.39 is 17.7 Å². The number of carbonyl (C=O) groups excluding carboxylic acids is 2. The highest BCUT2D eigenvalue weighted by atomic mass is 19.1. The molecule has 1 rings (SSSR count). The highest BCUT2D eigenvalue weighted by Crippen LogP contribution is 2.15. The predicted octanol–water partition coefficient (Wildman–Crippen LogP) is 1.82. The van der Waals surface area contributed by atoms with E-state index >= 15 is 0 Å². The molecule has 110 valence electrons. The molecule has 0 spiro atoms. The molecular weight excluding hydrogens is 263 g/mol. The summed E-state index contributed by atoms with van der Waals surface area (Å²) in [6.07, 6.45) is 0.648. The number of halogens is 1. The van der Waals surface area contributed by atoms with Gasteiger partial charge >= 0.3 is 5.97 Å². The van der Waals surface area contributed by atoms with Crippen LogP contribution in [0.1, 0.15) is 30.6 Å². The van der Waals surface area contributed by atoms with Crippen molar-refractivity contribution in [3.63, 3.8) is 0 Å². The number of anilines is 1. The van der Waals surface area contributed by atoms with Crippen LogP contribution < -0.4 is 5.73 Å². The topological polar surface area (TPSA) is 72.6 Å². The minimum absolute atomic E-state index is 0.136. The van der Waals surface area contributed by atoms with Gasteiger partial charge in [0.1, 0.15) is 12.4 Å². The van der Waals surface area contributed by atoms with Gasteiger partial charge in [-0.3, -0.25) is 9.59 Å². The second-order valence-electron chi connectivity index (χ2n) is 4.27. The van der Waals surface area contributed by atoms with Crippen LogP contribution >= 0.6 is 0 Å². The van der Waals surface area contributed by atoms with E-state index in [1.165, 1.54) is 17.0 Å². The maximum atomic E-state index is 13.7. The molecule has 0 atom stereocenters. The van der Waals surface area contributed by atoms with Crippen molar-refractivity contribution in [2.24, 2.45) is 0 Å². The molecule has 0 saturated carbocycles. The number of nitrogens with two attached hydrogens (primary N) is 1. The van der Waals surface area contributed by atoms with E-state index in [0.29, 0.717) is 18.7 Å². The molecular formula is C14H19FN2O3. The van der Waals surface area contributed by atoms with Crippen molar-refractivity contribution in [1.29, 1.82) is 0 Å². The Morgan fingerprint density at radius 2 is 2.05 bits per heavy atom. The van der Waals surface area contributed by atoms with Crippen molar-refractivity contribution in [2.75, 3.05) is 25.4 Å². The molecule has 0 aromatic heterocycles. The van der Waals surface area contributed by atoms with Gasteiger partial charge in [0.05, 0.1) is 12.2 Å². The van der Waals surface area contributed by atoms with Gasteiger partial charge in [-0.25, -0.2) is 4.39 Å². The number of nitrogens with zero attached hydrogens (tertiary/aromatic N) is 1. The Kier molecular flexibility index (Phi) is 5.96. The standard InChI is InChI=1S/C14H19FN2O3/c1-3-7-17(9-13(18)20-4-2)14(19)11-8-10(16)5-6-12(11)15/h5-6,8H,3-4,7,9,16H2,1-2H3. The van der Waals surface area contributed by atoms with Crippen molar-refractivity contribution in [2.45, 2.75) is 20.3 Å². The molecule has 0 fully saturated rings. The third-order valence-electron chi connectivity index (χ3n) is 2.63. The molecule has 0 aliphatic heterocycles. The van der Waals surface area contributed by atoms with E-state index in [4.69, 9.17) is 10.5 Å². The fraction of sp³-hybridized carbons (Fsp3) is 0.429. The Bertz CT molecular complexity index is 491. The molecule has 5 nitrogen and oxygen atoms in total. The lowest BCUT2D eigenvalue weighted by atomic mass is 10.1. The Balaban J connectivity index is 2.93. The number of hydrogen-bond donors (Lipinski definition) is 1. The van der Waals surface area contributed by atoms with Crippen molar-refractivity contribution in [3.05, 3.63) is 29.6 Å². The second kappa shape index (κ2) is 7.47. The molecule has 1 aromatic rings. The fourth-order valence-electron chi connectivity index (χ4n) is 1.76. The second-order valence-corrected chi connectivity index (χ2v) is 4.27. The maximum Gasteiger partial charge on any atom is 0.325 e. The first-order chi connectivity index (χ1) is 9.49. The van der Waals surface area contributed by atoms with Crippen LogP contribution in [0.25, 0.3) is 0 Å². The van der Waals surface area contributed by atoms with Crippen molar-refractivity contribution in [1.82, 2.24) is 4.90 Å². The zero-order valence-corrected chi connectivity index (χ0v) is 11.7. The van der Waals surface area contributed by atoms with Crippen LogP contribution in [0, 0.1) is 5.82 Å². The Labute approximate surface area is 117 Å². The number of esters is 1. The molecule has 1 aromatic carbocycles. The van der Waals surface area contributed by atoms with Crippen molar-refractivity contribution in [3.8, 4) is 0 Å². The van der Waals surface area contributed by atoms with Crippen LogP contribution in [0.2, 0.25) is 0 Å². The number of hydrogen-bond acceptors (Lipinski definition) is 4. The van der Waals surface area contributed by atoms with E-state index in [1.807, 2.05) is 6.92 Å². The fourth-order valence-corrected chi connectivity index (χ4v) is 1.76. The summed E-state index contributed by atoms with van der Waals surface area (Å²) in [7, 11) is 0. The first kappa shape index (κ1) is 15.9. The zero-order chi connectivity index (χ0) is 15.1. The summed E-state index contributed by atoms with van der Waals surface area (Å²) in [6.45, 7) is 3.92. The monoisotopic (exact) mass is 282 g/mol. The SMILES string of the molecule is CCCN(CC(=O)OCC)C(=O)c1cc(N)ccc1F. The van der Waals surface area contributed by atoms with Crippen LogP contribution in [-0.2, 0) is 9.53 Å². The third kappa shape index (κ3) is 4.22. The summed E-state index contributed by atoms with van der Waals surface area (Å²) in [5.41, 5.74) is 5.72. The highest BCUT2D eigenvalue weighted by Gasteiger charge is 2.21. The van der Waals surface area contributed by atoms with Gasteiger partial charge in [-0.15, -0.1) is 0 Å². The quantitative estimate of drug-likeness (QED) is 0.638. The van der Waals surface area contributed by atoms with E-state index in [9.17, 15) is 14.0 Å². The highest BCUT2D eigenvalue weighted by molar-refractivity contribution is 5.97. The summed E-state index contributed by atoms with van der Waals surface area (Å²) >= 11 is 0. The first-order valence-electron chi connectivity index (χ1n) is 6.49. The Morgan fingerprint density at radius 1 is 1.35 bits per heavy atom. The van der Waals surface area contributed by atoms with E-state index in [1.54, 1.807) is 6.92 Å². The number of benzene rings is 1. The molecule has 0 aliphatic carbocycles. The van der Waals surface area contributed by atoms with Gasteiger partial charge < -0.3 is 15.4 Å². The number of nitrogen functional groups attached to an aromatic ring is 1. The number of ether oxygens (including phenoxy) is 1. The van der Waals surface area contributed by atoms with Gasteiger partial charge in [0.15, 0.2) is 0 Å². The van der Waals surface area contributed by atoms with Gasteiger partial charge in [0.25, 0.3) is 5.91 Å². The van der Waals surface area contributed by atoms with Crippen LogP contribution in [0.4, 0.5) is 10.1 Å². The van der Waals surface area contributed by atoms with E-state index in [-0.39, 0.29) is 18.7 Å². The molecule has 0 bridgehead atoms. The Morgan fingerprint density at radius 3 is 2.65 bits per heavy atom. The largest absolute Gasteiger partial charge is 0.465 e. The molecule has 0 aliphatic rings. The number of carbonyl (C=O) groups is 2. The molecule has 0 heterocycles. The molecule has 0 saturated heterocycles. The average Bonchev–Trinajstić information content (AvgIpc) is 2.40. The summed E-state index contributed by atoms with van der Waals surface area (Å²) in [5, 5.41) is 0. The third-order valence-corrected chi connectivity index (χ3v) is 2.63. The van der Waals surface area contributed by atoms with E-state index in [2.05, 4.69) is 0 Å². The zero-order valence-electron chi connectivity index (χ0n) is 11.7. The van der Waals surface area contributed by atoms with Gasteiger partial charge in [-0.2, -0.15) is 0 Å². The van der Waals surface area contributed by atoms with Crippen molar-refractivity contribution >= 4 is 17.6 Å². The maximum absolute atomic E-state index is 13.7. The van der Waals surface area contributed by atoms with Gasteiger partial charge in [-0.05, 0) is 31.5 Å². The minimum Gasteiger partial charge on any atom is -0.465 e. The normalized spacial score (nSPS) is 10.2. The lowest BCUT2D eigenvalue weighted by molar-refractivity contribution is -0.143. The molecule has 20 heavy (non-hydrogen) atoms. The summed E-state index contributed by atoms with van der Waals surface area (Å²) < 4.78 is 18.5. The predicted molar refractivity (Wildman–Crippen MR) is 73.6 cm³/mol. The summed E-state index contributed by atoms with van der Waals surface area (Å²) in [6, 6.07) is 3.78. The van der Waals surface area contributed by atoms with Crippen LogP contribution in [-0.4, -0.2) is 36.5 Å². The summed E-state index contributed by atoms with van der Waals surface area (Å²) in [5.74, 6) is -1.74. The van der Waals surface area contributed by atoms with E-state index in [0.717, 1.165) is 6.07 Å². The molecule has 6 heteroatoms. The van der Waals surface area contributed by atoms with Gasteiger partial charge in [0, 0.05) is 12.2 Å². The van der Waals surface area contributed by atoms with Gasteiger partial charge in [-0.1, -0.05) is 6.92 Å². The summed E-state index contributed by atoms with van der Waals surface area (Å²) in [4.78, 5) is 25.0. The van der Waals surface area contributed by atoms with Crippen LogP contribution in [0.5, 0.6) is 0 Å². The lowest BCUT2D eigenvalue weighted by Gasteiger charge is -2.21. The molecule has 2 N–H and O–H groups in total. The average molecular weight is 282 g/mol. The molecule has 1 amide bonds. The van der Waals surface area contributed by atoms with Crippen molar-refractivity contribution < 1.29 is 18.7 Å². The minimum atomic E-state index is -0.658. The van der Waals surface area contributed by atoms with Crippen LogP contribution in [0.15, 0.2) is 18.2 Å². The van der Waals surface area contributed by atoms with Gasteiger partial charge in [0.2, 0.25) is 0 Å². The number of rotatable bonds is 6. The number of amides is 1.